The third-order valence-corrected chi connectivity index (χ3v) is 4.93. The van der Waals surface area contributed by atoms with E-state index in [1.165, 1.54) is 0 Å². The molecule has 0 aromatic rings. The normalized spacial score (nSPS) is 25.0. The SMILES string of the molecule is COCCCC(=O)C1CCCCS1(=O)=O. The third kappa shape index (κ3) is 3.57. The molecular weight excluding hydrogens is 216 g/mol. The van der Waals surface area contributed by atoms with Crippen molar-refractivity contribution < 1.29 is 17.9 Å². The monoisotopic (exact) mass is 234 g/mol. The summed E-state index contributed by atoms with van der Waals surface area (Å²) in [6, 6.07) is 0. The number of Topliss-reactive ketones (excluding diaryl/α,β-unsaturated/α-hetero) is 1. The number of carbonyl (C=O) groups is 1. The van der Waals surface area contributed by atoms with Crippen molar-refractivity contribution in [1.29, 1.82) is 0 Å². The van der Waals surface area contributed by atoms with Gasteiger partial charge in [-0.25, -0.2) is 8.42 Å². The van der Waals surface area contributed by atoms with Crippen molar-refractivity contribution in [2.24, 2.45) is 0 Å². The molecule has 0 spiro atoms. The lowest BCUT2D eigenvalue weighted by molar-refractivity contribution is -0.119. The van der Waals surface area contributed by atoms with Crippen molar-refractivity contribution in [2.45, 2.75) is 37.4 Å². The summed E-state index contributed by atoms with van der Waals surface area (Å²) in [6.45, 7) is 0.512. The molecule has 1 fully saturated rings. The third-order valence-electron chi connectivity index (χ3n) is 2.71. The fraction of sp³-hybridized carbons (Fsp3) is 0.900. The van der Waals surface area contributed by atoms with Crippen LogP contribution in [0.5, 0.6) is 0 Å². The van der Waals surface area contributed by atoms with Crippen LogP contribution in [0, 0.1) is 0 Å². The predicted octanol–water partition coefficient (Wildman–Crippen LogP) is 0.949. The summed E-state index contributed by atoms with van der Waals surface area (Å²) in [7, 11) is -1.58. The van der Waals surface area contributed by atoms with Crippen molar-refractivity contribution in [1.82, 2.24) is 0 Å². The number of hydrogen-bond donors (Lipinski definition) is 0. The van der Waals surface area contributed by atoms with Crippen LogP contribution in [0.3, 0.4) is 0 Å². The highest BCUT2D eigenvalue weighted by Gasteiger charge is 2.33. The minimum atomic E-state index is -3.15. The van der Waals surface area contributed by atoms with Gasteiger partial charge in [0.2, 0.25) is 0 Å². The van der Waals surface area contributed by atoms with Crippen LogP contribution in [-0.4, -0.2) is 38.9 Å². The van der Waals surface area contributed by atoms with E-state index in [1.807, 2.05) is 0 Å². The Bertz CT molecular complexity index is 307. The fourth-order valence-electron chi connectivity index (χ4n) is 1.87. The first-order valence-electron chi connectivity index (χ1n) is 5.31. The lowest BCUT2D eigenvalue weighted by Crippen LogP contribution is -2.35. The van der Waals surface area contributed by atoms with Gasteiger partial charge < -0.3 is 4.74 Å². The number of sulfone groups is 1. The van der Waals surface area contributed by atoms with Crippen LogP contribution < -0.4 is 0 Å². The van der Waals surface area contributed by atoms with Gasteiger partial charge in [0.05, 0.1) is 5.75 Å². The zero-order valence-corrected chi connectivity index (χ0v) is 9.88. The van der Waals surface area contributed by atoms with E-state index >= 15 is 0 Å². The zero-order valence-electron chi connectivity index (χ0n) is 9.07. The minimum Gasteiger partial charge on any atom is -0.385 e. The maximum Gasteiger partial charge on any atom is 0.160 e. The van der Waals surface area contributed by atoms with Crippen molar-refractivity contribution in [2.75, 3.05) is 19.5 Å². The average Bonchev–Trinajstić information content (AvgIpc) is 2.17. The van der Waals surface area contributed by atoms with E-state index < -0.39 is 15.1 Å². The highest BCUT2D eigenvalue weighted by Crippen LogP contribution is 2.21. The van der Waals surface area contributed by atoms with Crippen molar-refractivity contribution in [3.8, 4) is 0 Å². The molecule has 1 unspecified atom stereocenters. The van der Waals surface area contributed by atoms with Gasteiger partial charge in [-0.3, -0.25) is 4.79 Å². The molecule has 1 heterocycles. The zero-order chi connectivity index (χ0) is 11.3. The second-order valence-electron chi connectivity index (χ2n) is 3.91. The lowest BCUT2D eigenvalue weighted by atomic mass is 10.1. The van der Waals surface area contributed by atoms with Gasteiger partial charge in [0.25, 0.3) is 0 Å². The molecule has 1 atom stereocenters. The number of ether oxygens (including phenoxy) is 1. The number of methoxy groups -OCH3 is 1. The summed E-state index contributed by atoms with van der Waals surface area (Å²) in [6.07, 6.45) is 2.98. The molecule has 0 radical (unpaired) electrons. The highest BCUT2D eigenvalue weighted by atomic mass is 32.2. The quantitative estimate of drug-likeness (QED) is 0.664. The molecule has 15 heavy (non-hydrogen) atoms. The summed E-state index contributed by atoms with van der Waals surface area (Å²) in [4.78, 5) is 11.7. The molecule has 0 saturated carbocycles. The van der Waals surface area contributed by atoms with Gasteiger partial charge in [0.15, 0.2) is 15.6 Å². The molecule has 0 aromatic carbocycles. The van der Waals surface area contributed by atoms with Crippen LogP contribution in [0.2, 0.25) is 0 Å². The second kappa shape index (κ2) is 5.61. The van der Waals surface area contributed by atoms with E-state index in [4.69, 9.17) is 4.74 Å². The van der Waals surface area contributed by atoms with Crippen LogP contribution in [0.4, 0.5) is 0 Å². The molecule has 5 heteroatoms. The van der Waals surface area contributed by atoms with Crippen molar-refractivity contribution in [3.05, 3.63) is 0 Å². The van der Waals surface area contributed by atoms with E-state index in [2.05, 4.69) is 0 Å². The molecule has 0 amide bonds. The van der Waals surface area contributed by atoms with Crippen LogP contribution in [0.1, 0.15) is 32.1 Å². The Morgan fingerprint density at radius 1 is 1.40 bits per heavy atom. The van der Waals surface area contributed by atoms with Crippen LogP contribution >= 0.6 is 0 Å². The molecule has 1 saturated heterocycles. The molecule has 1 aliphatic rings. The van der Waals surface area contributed by atoms with E-state index in [0.717, 1.165) is 6.42 Å². The first-order valence-corrected chi connectivity index (χ1v) is 7.02. The molecule has 1 aliphatic heterocycles. The standard InChI is InChI=1S/C10H18O4S/c1-14-7-4-5-9(11)10-6-2-3-8-15(10,12)13/h10H,2-8H2,1H3. The van der Waals surface area contributed by atoms with E-state index in [0.29, 0.717) is 32.3 Å². The smallest absolute Gasteiger partial charge is 0.160 e. The second-order valence-corrected chi connectivity index (χ2v) is 6.22. The summed E-state index contributed by atoms with van der Waals surface area (Å²) >= 11 is 0. The van der Waals surface area contributed by atoms with Gasteiger partial charge in [0.1, 0.15) is 5.25 Å². The van der Waals surface area contributed by atoms with E-state index in [9.17, 15) is 13.2 Å². The fourth-order valence-corrected chi connectivity index (χ4v) is 3.80. The maximum absolute atomic E-state index is 11.7. The number of carbonyl (C=O) groups excluding carboxylic acids is 1. The first kappa shape index (κ1) is 12.6. The van der Waals surface area contributed by atoms with Crippen LogP contribution in [0.25, 0.3) is 0 Å². The number of rotatable bonds is 5. The molecule has 1 rings (SSSR count). The Morgan fingerprint density at radius 2 is 2.13 bits per heavy atom. The first-order chi connectivity index (χ1) is 7.08. The predicted molar refractivity (Wildman–Crippen MR) is 57.5 cm³/mol. The summed E-state index contributed by atoms with van der Waals surface area (Å²) in [5.74, 6) is 0.0417. The van der Waals surface area contributed by atoms with E-state index in [1.54, 1.807) is 7.11 Å². The van der Waals surface area contributed by atoms with Gasteiger partial charge in [-0.15, -0.1) is 0 Å². The van der Waals surface area contributed by atoms with Crippen LogP contribution in [-0.2, 0) is 19.4 Å². The largest absolute Gasteiger partial charge is 0.385 e. The van der Waals surface area contributed by atoms with E-state index in [-0.39, 0.29) is 11.5 Å². The maximum atomic E-state index is 11.7. The molecular formula is C10H18O4S. The summed E-state index contributed by atoms with van der Waals surface area (Å²) < 4.78 is 28.0. The Kier molecular flexibility index (Phi) is 4.73. The molecule has 0 N–H and O–H groups in total. The highest BCUT2D eigenvalue weighted by molar-refractivity contribution is 7.92. The average molecular weight is 234 g/mol. The summed E-state index contributed by atoms with van der Waals surface area (Å²) in [5.41, 5.74) is 0. The lowest BCUT2D eigenvalue weighted by Gasteiger charge is -2.20. The molecule has 0 aliphatic carbocycles. The van der Waals surface area contributed by atoms with Gasteiger partial charge in [-0.1, -0.05) is 6.42 Å². The number of ketones is 1. The Morgan fingerprint density at radius 3 is 2.73 bits per heavy atom. The molecule has 0 aromatic heterocycles. The minimum absolute atomic E-state index is 0.133. The van der Waals surface area contributed by atoms with Gasteiger partial charge in [-0.05, 0) is 19.3 Å². The molecule has 4 nitrogen and oxygen atoms in total. The molecule has 0 bridgehead atoms. The summed E-state index contributed by atoms with van der Waals surface area (Å²) in [5, 5.41) is -0.733. The van der Waals surface area contributed by atoms with Crippen LogP contribution in [0.15, 0.2) is 0 Å². The Labute approximate surface area is 90.9 Å². The number of hydrogen-bond acceptors (Lipinski definition) is 4. The van der Waals surface area contributed by atoms with Gasteiger partial charge in [-0.2, -0.15) is 0 Å². The van der Waals surface area contributed by atoms with Gasteiger partial charge in [0, 0.05) is 20.1 Å². The van der Waals surface area contributed by atoms with Crippen molar-refractivity contribution in [3.63, 3.8) is 0 Å². The Balaban J connectivity index is 2.50. The molecule has 88 valence electrons. The van der Waals surface area contributed by atoms with Gasteiger partial charge >= 0.3 is 0 Å². The Hall–Kier alpha value is -0.420. The van der Waals surface area contributed by atoms with Crippen molar-refractivity contribution >= 4 is 15.6 Å². The topological polar surface area (TPSA) is 60.4 Å².